The van der Waals surface area contributed by atoms with Crippen molar-refractivity contribution in [2.24, 2.45) is 7.05 Å². The molecular weight excluding hydrogens is 1120 g/mol. The molecule has 3 aliphatic rings. The van der Waals surface area contributed by atoms with Gasteiger partial charge in [0.15, 0.2) is 34.8 Å². The molecule has 0 saturated carbocycles. The van der Waals surface area contributed by atoms with Crippen LogP contribution in [0.2, 0.25) is 0 Å². The Bertz CT molecular complexity index is 3590. The average Bonchev–Trinajstić information content (AvgIpc) is 4.17. The summed E-state index contributed by atoms with van der Waals surface area (Å²) in [7, 11) is -21.1. The van der Waals surface area contributed by atoms with Gasteiger partial charge in [-0.15, -0.1) is 0 Å². The number of aromatic amines is 3. The highest BCUT2D eigenvalue weighted by atomic mass is 31.3. The van der Waals surface area contributed by atoms with Crippen molar-refractivity contribution >= 4 is 82.6 Å². The highest BCUT2D eigenvalue weighted by Crippen LogP contribution is 2.68. The summed E-state index contributed by atoms with van der Waals surface area (Å²) >= 11 is 0. The van der Waals surface area contributed by atoms with Crippen LogP contribution in [-0.4, -0.2) is 175 Å². The monoisotopic (exact) mass is 1160 g/mol. The van der Waals surface area contributed by atoms with Gasteiger partial charge in [-0.3, -0.25) is 56.6 Å². The maximum Gasteiger partial charge on any atom is 0.490 e. The fraction of sp³-hybridized carbons (Fsp3) is 0.531. The van der Waals surface area contributed by atoms with Gasteiger partial charge >= 0.3 is 36.9 Å². The largest absolute Gasteiger partial charge is 0.490 e. The molecule has 6 aromatic rings. The summed E-state index contributed by atoms with van der Waals surface area (Å²) < 4.78 is 108. The van der Waals surface area contributed by atoms with Crippen molar-refractivity contribution in [1.29, 1.82) is 0 Å². The molecule has 0 aliphatic carbocycles. The van der Waals surface area contributed by atoms with E-state index in [1.165, 1.54) is 17.9 Å². The van der Waals surface area contributed by atoms with Crippen molar-refractivity contribution in [1.82, 2.24) is 53.6 Å². The first-order valence-electron chi connectivity index (χ1n) is 21.3. The summed E-state index contributed by atoms with van der Waals surface area (Å²) in [5.74, 6) is -1.06. The van der Waals surface area contributed by atoms with E-state index in [1.54, 1.807) is 0 Å². The molecule has 9 heterocycles. The number of hydrogen-bond acceptors (Lipinski definition) is 29. The Labute approximate surface area is 418 Å². The van der Waals surface area contributed by atoms with Gasteiger partial charge in [0.05, 0.1) is 39.5 Å². The van der Waals surface area contributed by atoms with Crippen LogP contribution in [0.3, 0.4) is 0 Å². The second-order valence-electron chi connectivity index (χ2n) is 16.7. The zero-order valence-electron chi connectivity index (χ0n) is 38.3. The number of nitrogens with two attached hydrogens (primary N) is 3. The second kappa shape index (κ2) is 20.5. The van der Waals surface area contributed by atoms with Crippen LogP contribution in [0.25, 0.3) is 33.5 Å². The van der Waals surface area contributed by atoms with Gasteiger partial charge in [-0.25, -0.2) is 32.8 Å². The van der Waals surface area contributed by atoms with E-state index >= 15 is 0 Å². The molecule has 3 saturated heterocycles. The van der Waals surface area contributed by atoms with Crippen LogP contribution in [0.15, 0.2) is 33.4 Å². The summed E-state index contributed by atoms with van der Waals surface area (Å²) in [4.78, 5) is 106. The quantitative estimate of drug-likeness (QED) is 0.0266. The number of hydrogen-bond donors (Lipinski definition) is 14. The summed E-state index contributed by atoms with van der Waals surface area (Å²) in [5, 5.41) is 43.2. The Morgan fingerprint density at radius 1 is 0.592 bits per heavy atom. The van der Waals surface area contributed by atoms with Gasteiger partial charge in [-0.05, 0) is 0 Å². The lowest BCUT2D eigenvalue weighted by molar-refractivity contribution is -0.646. The number of aromatic nitrogens is 12. The van der Waals surface area contributed by atoms with E-state index in [0.29, 0.717) is 0 Å². The van der Waals surface area contributed by atoms with Gasteiger partial charge in [0.2, 0.25) is 30.4 Å². The molecule has 16 unspecified atom stereocenters. The van der Waals surface area contributed by atoms with Gasteiger partial charge in [0.25, 0.3) is 22.3 Å². The standard InChI is InChI=1S/C32H43N15O25P4/c1-44-8-47(23-14(44)26(54)43-32(35)40-23)28-18(51)16(49)10(68-28)4-65-74(57,58)71-76(61,62)72-75(59,60)66-5-11-19(20(63-2)29(69-11)46-7-37-13-22(46)39-31(34)42-25(13)53)70-73(55,56)64-3-9-15(48)17(50)27(67-9)45-6-36-12-21(45)38-30(33)41-24(12)52/h6-11,15-20,27-29,48-51H,3-5H2,1-2H3,(H12-,33,34,35,38,39,40,41,42,43,52,53,54,55,56,57,58,59,60,61,62)/p+1. The van der Waals surface area contributed by atoms with Crippen molar-refractivity contribution in [3.05, 3.63) is 50.0 Å². The number of rotatable bonds is 19. The number of aliphatic hydroxyl groups excluding tert-OH is 4. The number of aryl methyl sites for hydroxylation is 1. The van der Waals surface area contributed by atoms with Crippen LogP contribution in [0, 0.1) is 0 Å². The number of imidazole rings is 3. The molecule has 9 rings (SSSR count). The lowest BCUT2D eigenvalue weighted by Gasteiger charge is -2.26. The normalized spacial score (nSPS) is 30.2. The first kappa shape index (κ1) is 55.4. The molecule has 3 aliphatic heterocycles. The minimum Gasteiger partial charge on any atom is -0.387 e. The molecular formula is C32H44N15O25P4+. The zero-order chi connectivity index (χ0) is 55.1. The first-order chi connectivity index (χ1) is 35.6. The number of anilines is 3. The van der Waals surface area contributed by atoms with Gasteiger partial charge in [-0.1, -0.05) is 0 Å². The summed E-state index contributed by atoms with van der Waals surface area (Å²) in [6.07, 6.45) is -17.5. The number of nitrogens with one attached hydrogen (secondary N) is 3. The van der Waals surface area contributed by atoms with Crippen molar-refractivity contribution in [3.8, 4) is 0 Å². The highest BCUT2D eigenvalue weighted by Gasteiger charge is 2.54. The summed E-state index contributed by atoms with van der Waals surface area (Å²) in [6.45, 7) is -3.51. The Balaban J connectivity index is 0.871. The lowest BCUT2D eigenvalue weighted by Crippen LogP contribution is -2.38. The van der Waals surface area contributed by atoms with Gasteiger partial charge in [-0.2, -0.15) is 28.1 Å². The van der Waals surface area contributed by atoms with Crippen LogP contribution in [0.1, 0.15) is 18.7 Å². The molecule has 0 bridgehead atoms. The maximum atomic E-state index is 13.7. The number of phosphoric acid groups is 4. The predicted molar refractivity (Wildman–Crippen MR) is 242 cm³/mol. The maximum absolute atomic E-state index is 13.7. The molecule has 17 N–H and O–H groups in total. The molecule has 76 heavy (non-hydrogen) atoms. The molecule has 0 radical (unpaired) electrons. The third-order valence-corrected chi connectivity index (χ3v) is 16.9. The highest BCUT2D eigenvalue weighted by molar-refractivity contribution is 7.66. The minimum atomic E-state index is -6.24. The van der Waals surface area contributed by atoms with Crippen molar-refractivity contribution in [3.63, 3.8) is 0 Å². The summed E-state index contributed by atoms with van der Waals surface area (Å²) in [5.41, 5.74) is 13.7. The van der Waals surface area contributed by atoms with Crippen LogP contribution in [0.4, 0.5) is 17.8 Å². The van der Waals surface area contributed by atoms with Crippen LogP contribution < -0.4 is 38.4 Å². The van der Waals surface area contributed by atoms with Crippen molar-refractivity contribution in [2.45, 2.75) is 73.6 Å². The molecule has 416 valence electrons. The Morgan fingerprint density at radius 3 is 1.51 bits per heavy atom. The molecule has 3 fully saturated rings. The molecule has 40 nitrogen and oxygen atoms in total. The number of phosphoric ester groups is 3. The van der Waals surface area contributed by atoms with E-state index < -0.39 is 147 Å². The smallest absolute Gasteiger partial charge is 0.387 e. The van der Waals surface area contributed by atoms with E-state index in [2.05, 4.69) is 53.0 Å². The van der Waals surface area contributed by atoms with Crippen LogP contribution in [0.5, 0.6) is 0 Å². The third kappa shape index (κ3) is 10.9. The molecule has 44 heteroatoms. The first-order valence-corrected chi connectivity index (χ1v) is 27.3. The lowest BCUT2D eigenvalue weighted by atomic mass is 10.1. The van der Waals surface area contributed by atoms with Gasteiger partial charge in [0.1, 0.15) is 54.9 Å². The Hall–Kier alpha value is -5.35. The summed E-state index contributed by atoms with van der Waals surface area (Å²) in [6, 6.07) is 0. The topological polar surface area (TPSA) is 582 Å². The number of nitrogen functional groups attached to an aromatic ring is 3. The van der Waals surface area contributed by atoms with Crippen molar-refractivity contribution in [2.75, 3.05) is 44.1 Å². The molecule has 0 amide bonds. The Morgan fingerprint density at radius 2 is 1.01 bits per heavy atom. The number of nitrogens with zero attached hydrogens (tertiary/aromatic N) is 9. The fourth-order valence-corrected chi connectivity index (χ4v) is 12.8. The molecule has 0 aromatic carbocycles. The number of fused-ring (bicyclic) bond motifs is 3. The fourth-order valence-electron chi connectivity index (χ4n) is 8.36. The minimum absolute atomic E-state index is 0.0326. The van der Waals surface area contributed by atoms with Crippen molar-refractivity contribution < 1.29 is 108 Å². The van der Waals surface area contributed by atoms with E-state index in [-0.39, 0.29) is 45.4 Å². The van der Waals surface area contributed by atoms with Gasteiger partial charge in [0, 0.05) is 7.11 Å². The van der Waals surface area contributed by atoms with E-state index in [1.807, 2.05) is 0 Å². The van der Waals surface area contributed by atoms with E-state index in [0.717, 1.165) is 33.5 Å². The predicted octanol–water partition coefficient (Wildman–Crippen LogP) is -5.42. The van der Waals surface area contributed by atoms with Crippen LogP contribution in [-0.2, 0) is 71.0 Å². The average molecular weight is 1160 g/mol. The molecule has 0 spiro atoms. The number of ether oxygens (including phenoxy) is 4. The zero-order valence-corrected chi connectivity index (χ0v) is 41.9. The number of H-pyrrole nitrogens is 3. The van der Waals surface area contributed by atoms with E-state index in [9.17, 15) is 72.6 Å². The molecule has 16 atom stereocenters. The number of methoxy groups -OCH3 is 1. The van der Waals surface area contributed by atoms with Gasteiger partial charge < -0.3 is 76.1 Å². The Kier molecular flexibility index (Phi) is 14.9. The second-order valence-corrected chi connectivity index (χ2v) is 22.7. The van der Waals surface area contributed by atoms with Crippen LogP contribution >= 0.6 is 31.3 Å². The van der Waals surface area contributed by atoms with E-state index in [4.69, 9.17) is 49.7 Å². The third-order valence-electron chi connectivity index (χ3n) is 11.6. The number of aliphatic hydroxyl groups is 4. The molecule has 6 aromatic heterocycles. The SMILES string of the molecule is COC1C(OP(=O)(O)OCC2OC(n3cnc4c(=O)[nH]c(N)nc43)C(O)C2O)C(COP(=O)(O)OP(=O)(O)OP(=O)(O)OCC2OC(n3c[n+](C)c4c(=O)[nH]c(N)nc43)C(O)C2O)OC1n1cnc2c(=O)[nH]c(N)nc21.